The van der Waals surface area contributed by atoms with Gasteiger partial charge in [-0.1, -0.05) is 41.7 Å². The summed E-state index contributed by atoms with van der Waals surface area (Å²) in [5.74, 6) is -0.170. The van der Waals surface area contributed by atoms with Crippen molar-refractivity contribution in [1.82, 2.24) is 9.88 Å². The largest absolute Gasteiger partial charge is 0.351 e. The maximum atomic E-state index is 12.0. The lowest BCUT2D eigenvalue weighted by atomic mass is 10.1. The molecule has 19 heavy (non-hydrogen) atoms. The Morgan fingerprint density at radius 3 is 2.58 bits per heavy atom. The molecule has 1 aromatic heterocycles. The number of aromatic nitrogens is 1. The number of rotatable bonds is 4. The van der Waals surface area contributed by atoms with Crippen molar-refractivity contribution in [2.24, 2.45) is 7.05 Å². The molecule has 1 amide bonds. The second-order valence-corrected chi connectivity index (χ2v) is 5.29. The van der Waals surface area contributed by atoms with E-state index in [1.54, 1.807) is 14.0 Å². The second-order valence-electron chi connectivity index (χ2n) is 4.33. The van der Waals surface area contributed by atoms with E-state index in [4.69, 9.17) is 0 Å². The van der Waals surface area contributed by atoms with Gasteiger partial charge in [0, 0.05) is 19.3 Å². The number of benzene rings is 1. The minimum absolute atomic E-state index is 0.106. The molecule has 1 aromatic carbocycles. The zero-order valence-corrected chi connectivity index (χ0v) is 11.8. The van der Waals surface area contributed by atoms with Crippen LogP contribution in [0.15, 0.2) is 35.1 Å². The normalized spacial score (nSPS) is 10.4. The number of amides is 1. The first-order valence-electron chi connectivity index (χ1n) is 6.08. The van der Waals surface area contributed by atoms with Crippen LogP contribution in [0.1, 0.15) is 20.9 Å². The highest BCUT2D eigenvalue weighted by Crippen LogP contribution is 2.10. The van der Waals surface area contributed by atoms with E-state index < -0.39 is 0 Å². The molecule has 0 bridgehead atoms. The maximum absolute atomic E-state index is 12.0. The van der Waals surface area contributed by atoms with E-state index in [9.17, 15) is 9.59 Å². The Morgan fingerprint density at radius 1 is 1.32 bits per heavy atom. The van der Waals surface area contributed by atoms with E-state index >= 15 is 0 Å². The van der Waals surface area contributed by atoms with Crippen LogP contribution in [0.25, 0.3) is 0 Å². The molecular weight excluding hydrogens is 260 g/mol. The van der Waals surface area contributed by atoms with E-state index in [0.29, 0.717) is 17.1 Å². The Morgan fingerprint density at radius 2 is 2.00 bits per heavy atom. The first kappa shape index (κ1) is 13.5. The number of hydrogen-bond acceptors (Lipinski definition) is 3. The van der Waals surface area contributed by atoms with Gasteiger partial charge in [-0.15, -0.1) is 0 Å². The summed E-state index contributed by atoms with van der Waals surface area (Å²) >= 11 is 0.991. The van der Waals surface area contributed by atoms with Crippen molar-refractivity contribution < 1.29 is 4.79 Å². The third kappa shape index (κ3) is 3.12. The summed E-state index contributed by atoms with van der Waals surface area (Å²) in [7, 11) is 1.68. The quantitative estimate of drug-likeness (QED) is 0.924. The van der Waals surface area contributed by atoms with Crippen LogP contribution in [0.3, 0.4) is 0 Å². The van der Waals surface area contributed by atoms with Gasteiger partial charge >= 0.3 is 4.87 Å². The maximum Gasteiger partial charge on any atom is 0.307 e. The third-order valence-corrected chi connectivity index (χ3v) is 4.18. The highest BCUT2D eigenvalue weighted by Gasteiger charge is 2.15. The lowest BCUT2D eigenvalue weighted by Gasteiger charge is -2.04. The summed E-state index contributed by atoms with van der Waals surface area (Å²) in [6.07, 6.45) is 0.785. The van der Waals surface area contributed by atoms with Gasteiger partial charge < -0.3 is 9.88 Å². The van der Waals surface area contributed by atoms with Gasteiger partial charge in [0.15, 0.2) is 0 Å². The number of thiazole rings is 1. The summed E-state index contributed by atoms with van der Waals surface area (Å²) in [6.45, 7) is 2.35. The number of nitrogens with one attached hydrogen (secondary N) is 1. The Labute approximate surface area is 115 Å². The van der Waals surface area contributed by atoms with Crippen molar-refractivity contribution in [2.45, 2.75) is 13.3 Å². The minimum Gasteiger partial charge on any atom is -0.351 e. The lowest BCUT2D eigenvalue weighted by Crippen LogP contribution is -2.25. The Hall–Kier alpha value is -1.88. The van der Waals surface area contributed by atoms with Gasteiger partial charge in [0.25, 0.3) is 5.91 Å². The van der Waals surface area contributed by atoms with Crippen LogP contribution >= 0.6 is 11.3 Å². The molecule has 1 N–H and O–H groups in total. The van der Waals surface area contributed by atoms with Gasteiger partial charge in [-0.05, 0) is 18.9 Å². The van der Waals surface area contributed by atoms with Crippen molar-refractivity contribution in [3.05, 3.63) is 56.1 Å². The van der Waals surface area contributed by atoms with Crippen LogP contribution in [0, 0.1) is 6.92 Å². The van der Waals surface area contributed by atoms with Crippen LogP contribution in [0.2, 0.25) is 0 Å². The fourth-order valence-corrected chi connectivity index (χ4v) is 2.67. The van der Waals surface area contributed by atoms with Gasteiger partial charge in [-0.2, -0.15) is 0 Å². The molecule has 4 nitrogen and oxygen atoms in total. The molecule has 0 aliphatic heterocycles. The van der Waals surface area contributed by atoms with E-state index in [0.717, 1.165) is 17.8 Å². The molecule has 0 saturated heterocycles. The summed E-state index contributed by atoms with van der Waals surface area (Å²) in [5, 5.41) is 2.85. The molecule has 0 spiro atoms. The molecule has 2 aromatic rings. The molecule has 2 rings (SSSR count). The van der Waals surface area contributed by atoms with Gasteiger partial charge in [-0.25, -0.2) is 0 Å². The molecule has 0 unspecified atom stereocenters. The average Bonchev–Trinajstić information content (AvgIpc) is 2.68. The molecular formula is C14H16N2O2S. The fourth-order valence-electron chi connectivity index (χ4n) is 1.77. The summed E-state index contributed by atoms with van der Waals surface area (Å²) in [4.78, 5) is 23.8. The van der Waals surface area contributed by atoms with Crippen molar-refractivity contribution >= 4 is 17.2 Å². The van der Waals surface area contributed by atoms with Crippen molar-refractivity contribution in [2.75, 3.05) is 6.54 Å². The molecule has 1 heterocycles. The number of carbonyl (C=O) groups is 1. The first-order valence-corrected chi connectivity index (χ1v) is 6.90. The zero-order valence-electron chi connectivity index (χ0n) is 11.0. The molecule has 0 fully saturated rings. The summed E-state index contributed by atoms with van der Waals surface area (Å²) in [6, 6.07) is 9.97. The predicted octanol–water partition coefficient (Wildman–Crippen LogP) is 1.73. The van der Waals surface area contributed by atoms with E-state index in [-0.39, 0.29) is 10.8 Å². The molecule has 0 aliphatic rings. The van der Waals surface area contributed by atoms with Crippen LogP contribution in [0.4, 0.5) is 0 Å². The van der Waals surface area contributed by atoms with Gasteiger partial charge in [0.1, 0.15) is 4.88 Å². The first-order chi connectivity index (χ1) is 9.09. The van der Waals surface area contributed by atoms with E-state index in [1.807, 2.05) is 30.3 Å². The molecule has 0 aliphatic carbocycles. The topological polar surface area (TPSA) is 51.1 Å². The lowest BCUT2D eigenvalue weighted by molar-refractivity contribution is 0.0957. The molecule has 5 heteroatoms. The number of hydrogen-bond donors (Lipinski definition) is 1. The van der Waals surface area contributed by atoms with Crippen molar-refractivity contribution in [3.63, 3.8) is 0 Å². The van der Waals surface area contributed by atoms with E-state index in [2.05, 4.69) is 5.32 Å². The van der Waals surface area contributed by atoms with Crippen molar-refractivity contribution in [1.29, 1.82) is 0 Å². The Kier molecular flexibility index (Phi) is 4.16. The molecule has 0 radical (unpaired) electrons. The summed E-state index contributed by atoms with van der Waals surface area (Å²) in [5.41, 5.74) is 1.90. The van der Waals surface area contributed by atoms with Crippen molar-refractivity contribution in [3.8, 4) is 0 Å². The zero-order chi connectivity index (χ0) is 13.8. The Bertz CT molecular complexity index is 629. The standard InChI is InChI=1S/C14H16N2O2S/c1-10-12(19-14(18)16(10)2)13(17)15-9-8-11-6-4-3-5-7-11/h3-7H,8-9H2,1-2H3,(H,15,17). The summed E-state index contributed by atoms with van der Waals surface area (Å²) < 4.78 is 1.50. The molecule has 0 atom stereocenters. The average molecular weight is 276 g/mol. The van der Waals surface area contributed by atoms with Crippen LogP contribution in [-0.4, -0.2) is 17.0 Å². The van der Waals surface area contributed by atoms with Gasteiger partial charge in [-0.3, -0.25) is 9.59 Å². The molecule has 0 saturated carbocycles. The van der Waals surface area contributed by atoms with Gasteiger partial charge in [0.05, 0.1) is 0 Å². The molecule has 100 valence electrons. The smallest absolute Gasteiger partial charge is 0.307 e. The monoisotopic (exact) mass is 276 g/mol. The highest BCUT2D eigenvalue weighted by atomic mass is 32.1. The highest BCUT2D eigenvalue weighted by molar-refractivity contribution is 7.11. The minimum atomic E-state index is -0.170. The predicted molar refractivity (Wildman–Crippen MR) is 76.8 cm³/mol. The second kappa shape index (κ2) is 5.84. The van der Waals surface area contributed by atoms with Gasteiger partial charge in [0.2, 0.25) is 0 Å². The third-order valence-electron chi connectivity index (χ3n) is 3.04. The van der Waals surface area contributed by atoms with Crippen LogP contribution in [-0.2, 0) is 13.5 Å². The van der Waals surface area contributed by atoms with E-state index in [1.165, 1.54) is 10.1 Å². The van der Waals surface area contributed by atoms with Crippen LogP contribution in [0.5, 0.6) is 0 Å². The Balaban J connectivity index is 1.95. The van der Waals surface area contributed by atoms with Crippen LogP contribution < -0.4 is 10.2 Å². The number of nitrogens with zero attached hydrogens (tertiary/aromatic N) is 1. The number of carbonyl (C=O) groups excluding carboxylic acids is 1. The fraction of sp³-hybridized carbons (Fsp3) is 0.286. The SMILES string of the molecule is Cc1c(C(=O)NCCc2ccccc2)sc(=O)n1C.